The molecule has 0 saturated heterocycles. The minimum atomic E-state index is -0.176. The molecular formula is C20H24N2O2. The molecule has 2 rings (SSSR count). The minimum Gasteiger partial charge on any atom is -0.333 e. The first-order chi connectivity index (χ1) is 11.5. The normalized spacial score (nSPS) is 10.3. The second-order valence-corrected chi connectivity index (χ2v) is 6.04. The number of nitrogens with zero attached hydrogens (tertiary/aromatic N) is 1. The fourth-order valence-electron chi connectivity index (χ4n) is 2.57. The lowest BCUT2D eigenvalue weighted by atomic mass is 10.1. The van der Waals surface area contributed by atoms with Crippen molar-refractivity contribution in [2.45, 2.75) is 27.2 Å². The van der Waals surface area contributed by atoms with Crippen molar-refractivity contribution in [3.05, 3.63) is 65.2 Å². The number of aryl methyl sites for hydroxylation is 2. The highest BCUT2D eigenvalue weighted by atomic mass is 16.2. The molecule has 0 unspecified atom stereocenters. The molecular weight excluding hydrogens is 300 g/mol. The summed E-state index contributed by atoms with van der Waals surface area (Å²) in [4.78, 5) is 25.7. The van der Waals surface area contributed by atoms with Gasteiger partial charge in [-0.05, 0) is 37.5 Å². The van der Waals surface area contributed by atoms with E-state index in [2.05, 4.69) is 5.32 Å². The summed E-state index contributed by atoms with van der Waals surface area (Å²) in [5.41, 5.74) is 4.11. The lowest BCUT2D eigenvalue weighted by molar-refractivity contribution is -0.132. The molecule has 0 bridgehead atoms. The van der Waals surface area contributed by atoms with Crippen molar-refractivity contribution in [1.82, 2.24) is 4.90 Å². The van der Waals surface area contributed by atoms with Crippen molar-refractivity contribution in [3.63, 3.8) is 0 Å². The van der Waals surface area contributed by atoms with Crippen LogP contribution >= 0.6 is 0 Å². The van der Waals surface area contributed by atoms with Crippen LogP contribution in [0.5, 0.6) is 0 Å². The largest absolute Gasteiger partial charge is 0.333 e. The van der Waals surface area contributed by atoms with Crippen LogP contribution in [0.1, 0.15) is 23.6 Å². The summed E-state index contributed by atoms with van der Waals surface area (Å²) in [7, 11) is 0. The van der Waals surface area contributed by atoms with E-state index < -0.39 is 0 Å². The molecule has 0 radical (unpaired) electrons. The van der Waals surface area contributed by atoms with Crippen molar-refractivity contribution in [3.8, 4) is 0 Å². The van der Waals surface area contributed by atoms with E-state index in [1.54, 1.807) is 4.90 Å². The molecule has 0 fully saturated rings. The van der Waals surface area contributed by atoms with Crippen LogP contribution in [0.3, 0.4) is 0 Å². The van der Waals surface area contributed by atoms with Crippen LogP contribution in [0.2, 0.25) is 0 Å². The first-order valence-corrected chi connectivity index (χ1v) is 8.12. The van der Waals surface area contributed by atoms with E-state index >= 15 is 0 Å². The average molecular weight is 324 g/mol. The number of hydrogen-bond donors (Lipinski definition) is 1. The highest BCUT2D eigenvalue weighted by molar-refractivity contribution is 5.94. The number of carbonyl (C=O) groups excluding carboxylic acids is 2. The van der Waals surface area contributed by atoms with Gasteiger partial charge in [0.05, 0.1) is 6.54 Å². The summed E-state index contributed by atoms with van der Waals surface area (Å²) >= 11 is 0. The molecule has 0 aliphatic rings. The Kier molecular flexibility index (Phi) is 6.13. The van der Waals surface area contributed by atoms with Crippen LogP contribution < -0.4 is 5.32 Å². The average Bonchev–Trinajstić information content (AvgIpc) is 2.55. The predicted molar refractivity (Wildman–Crippen MR) is 96.9 cm³/mol. The number of hydrogen-bond acceptors (Lipinski definition) is 2. The zero-order valence-electron chi connectivity index (χ0n) is 14.5. The summed E-state index contributed by atoms with van der Waals surface area (Å²) in [6.07, 6.45) is 0.733. The molecule has 126 valence electrons. The van der Waals surface area contributed by atoms with Gasteiger partial charge in [-0.3, -0.25) is 9.59 Å². The van der Waals surface area contributed by atoms with Gasteiger partial charge in [-0.25, -0.2) is 0 Å². The van der Waals surface area contributed by atoms with E-state index in [9.17, 15) is 9.59 Å². The first-order valence-electron chi connectivity index (χ1n) is 8.12. The Balaban J connectivity index is 1.94. The van der Waals surface area contributed by atoms with Crippen molar-refractivity contribution < 1.29 is 9.59 Å². The Morgan fingerprint density at radius 2 is 1.75 bits per heavy atom. The summed E-state index contributed by atoms with van der Waals surface area (Å²) in [6.45, 7) is 6.06. The molecule has 0 aliphatic heterocycles. The van der Waals surface area contributed by atoms with Crippen molar-refractivity contribution in [1.29, 1.82) is 0 Å². The van der Waals surface area contributed by atoms with E-state index in [0.29, 0.717) is 6.54 Å². The van der Waals surface area contributed by atoms with Crippen LogP contribution in [0.25, 0.3) is 0 Å². The molecule has 0 aliphatic carbocycles. The smallest absolute Gasteiger partial charge is 0.244 e. The number of anilines is 1. The minimum absolute atomic E-state index is 0.0650. The van der Waals surface area contributed by atoms with E-state index in [1.165, 1.54) is 6.92 Å². The molecule has 4 heteroatoms. The Labute approximate surface area is 143 Å². The van der Waals surface area contributed by atoms with Crippen LogP contribution in [0.4, 0.5) is 5.69 Å². The summed E-state index contributed by atoms with van der Waals surface area (Å²) in [5.74, 6) is -0.271. The third-order valence-electron chi connectivity index (χ3n) is 3.95. The van der Waals surface area contributed by atoms with Gasteiger partial charge in [0, 0.05) is 19.2 Å². The number of rotatable bonds is 6. The molecule has 0 atom stereocenters. The predicted octanol–water partition coefficient (Wildman–Crippen LogP) is 3.33. The van der Waals surface area contributed by atoms with Gasteiger partial charge < -0.3 is 10.2 Å². The van der Waals surface area contributed by atoms with Gasteiger partial charge in [0.15, 0.2) is 0 Å². The van der Waals surface area contributed by atoms with Crippen LogP contribution in [-0.4, -0.2) is 29.8 Å². The van der Waals surface area contributed by atoms with Gasteiger partial charge in [-0.15, -0.1) is 0 Å². The van der Waals surface area contributed by atoms with Gasteiger partial charge in [-0.1, -0.05) is 48.0 Å². The van der Waals surface area contributed by atoms with Crippen molar-refractivity contribution >= 4 is 17.5 Å². The second kappa shape index (κ2) is 8.29. The summed E-state index contributed by atoms with van der Waals surface area (Å²) in [6, 6.07) is 15.8. The fourth-order valence-corrected chi connectivity index (χ4v) is 2.57. The Bertz CT molecular complexity index is 711. The number of amides is 2. The molecule has 2 aromatic rings. The van der Waals surface area contributed by atoms with Gasteiger partial charge >= 0.3 is 0 Å². The Morgan fingerprint density at radius 1 is 1.04 bits per heavy atom. The lowest BCUT2D eigenvalue weighted by Gasteiger charge is -2.21. The topological polar surface area (TPSA) is 49.4 Å². The Morgan fingerprint density at radius 3 is 2.38 bits per heavy atom. The lowest BCUT2D eigenvalue weighted by Crippen LogP contribution is -2.38. The molecule has 0 spiro atoms. The first kappa shape index (κ1) is 17.7. The van der Waals surface area contributed by atoms with Crippen LogP contribution in [0.15, 0.2) is 48.5 Å². The SMILES string of the molecule is CC(=O)N(CCc1ccccc1)CC(=O)Nc1ccc(C)cc1C. The maximum Gasteiger partial charge on any atom is 0.244 e. The molecule has 0 saturated carbocycles. The fraction of sp³-hybridized carbons (Fsp3) is 0.300. The molecule has 0 aromatic heterocycles. The highest BCUT2D eigenvalue weighted by Crippen LogP contribution is 2.16. The van der Waals surface area contributed by atoms with E-state index in [-0.39, 0.29) is 18.4 Å². The van der Waals surface area contributed by atoms with Crippen LogP contribution in [-0.2, 0) is 16.0 Å². The van der Waals surface area contributed by atoms with Gasteiger partial charge in [0.2, 0.25) is 11.8 Å². The van der Waals surface area contributed by atoms with Gasteiger partial charge in [0.1, 0.15) is 0 Å². The quantitative estimate of drug-likeness (QED) is 0.886. The van der Waals surface area contributed by atoms with Crippen molar-refractivity contribution in [2.24, 2.45) is 0 Å². The third-order valence-corrected chi connectivity index (χ3v) is 3.95. The molecule has 1 N–H and O–H groups in total. The molecule has 24 heavy (non-hydrogen) atoms. The van der Waals surface area contributed by atoms with E-state index in [1.807, 2.05) is 62.4 Å². The molecule has 2 amide bonds. The van der Waals surface area contributed by atoms with Crippen LogP contribution in [0, 0.1) is 13.8 Å². The molecule has 2 aromatic carbocycles. The molecule has 4 nitrogen and oxygen atoms in total. The zero-order chi connectivity index (χ0) is 17.5. The maximum absolute atomic E-state index is 12.3. The highest BCUT2D eigenvalue weighted by Gasteiger charge is 2.14. The molecule has 0 heterocycles. The summed E-state index contributed by atoms with van der Waals surface area (Å²) in [5, 5.41) is 2.89. The zero-order valence-corrected chi connectivity index (χ0v) is 14.5. The van der Waals surface area contributed by atoms with Gasteiger partial charge in [-0.2, -0.15) is 0 Å². The third kappa shape index (κ3) is 5.23. The van der Waals surface area contributed by atoms with E-state index in [0.717, 1.165) is 28.8 Å². The van der Waals surface area contributed by atoms with Gasteiger partial charge in [0.25, 0.3) is 0 Å². The standard InChI is InChI=1S/C20H24N2O2/c1-15-9-10-19(16(2)13-15)21-20(24)14-22(17(3)23)12-11-18-7-5-4-6-8-18/h4-10,13H,11-12,14H2,1-3H3,(H,21,24). The summed E-state index contributed by atoms with van der Waals surface area (Å²) < 4.78 is 0. The number of carbonyl (C=O) groups is 2. The second-order valence-electron chi connectivity index (χ2n) is 6.04. The monoisotopic (exact) mass is 324 g/mol. The number of benzene rings is 2. The maximum atomic E-state index is 12.3. The van der Waals surface area contributed by atoms with E-state index in [4.69, 9.17) is 0 Å². The van der Waals surface area contributed by atoms with Crippen molar-refractivity contribution in [2.75, 3.05) is 18.4 Å². The Hall–Kier alpha value is -2.62. The number of nitrogens with one attached hydrogen (secondary N) is 1.